The Balaban J connectivity index is 2.32. The molecule has 1 fully saturated rings. The fraction of sp³-hybridized carbons (Fsp3) is 0.938. The molecular formula is C16H30O2. The standard InChI is InChI=1S/C16H30O2/c1-2-3-9-12-15-13-10-7-5-4-6-8-11-14-16(17)18-15/h15H,2-14H2,1H3. The molecule has 1 atom stereocenters. The van der Waals surface area contributed by atoms with Crippen molar-refractivity contribution in [1.29, 1.82) is 0 Å². The molecule has 0 bridgehead atoms. The Morgan fingerprint density at radius 1 is 1.00 bits per heavy atom. The van der Waals surface area contributed by atoms with Crippen LogP contribution < -0.4 is 0 Å². The van der Waals surface area contributed by atoms with Crippen LogP contribution >= 0.6 is 0 Å². The van der Waals surface area contributed by atoms with E-state index in [0.29, 0.717) is 6.42 Å². The number of rotatable bonds is 4. The number of carbonyl (C=O) groups is 1. The van der Waals surface area contributed by atoms with Crippen molar-refractivity contribution in [3.05, 3.63) is 0 Å². The first-order valence-electron chi connectivity index (χ1n) is 8.02. The van der Waals surface area contributed by atoms with Gasteiger partial charge in [0.1, 0.15) is 6.10 Å². The van der Waals surface area contributed by atoms with Crippen molar-refractivity contribution >= 4 is 5.97 Å². The maximum Gasteiger partial charge on any atom is 0.306 e. The third-order valence-corrected chi connectivity index (χ3v) is 3.83. The van der Waals surface area contributed by atoms with Crippen molar-refractivity contribution in [2.24, 2.45) is 0 Å². The third-order valence-electron chi connectivity index (χ3n) is 3.83. The molecule has 1 aliphatic rings. The highest BCUT2D eigenvalue weighted by atomic mass is 16.5. The van der Waals surface area contributed by atoms with E-state index in [1.54, 1.807) is 0 Å². The second-order valence-corrected chi connectivity index (χ2v) is 5.62. The summed E-state index contributed by atoms with van der Waals surface area (Å²) in [7, 11) is 0. The lowest BCUT2D eigenvalue weighted by Crippen LogP contribution is -2.18. The van der Waals surface area contributed by atoms with E-state index in [2.05, 4.69) is 6.92 Å². The van der Waals surface area contributed by atoms with E-state index in [1.807, 2.05) is 0 Å². The van der Waals surface area contributed by atoms with Gasteiger partial charge in [0.2, 0.25) is 0 Å². The molecule has 1 saturated heterocycles. The van der Waals surface area contributed by atoms with Crippen LogP contribution in [0.15, 0.2) is 0 Å². The van der Waals surface area contributed by atoms with Crippen LogP contribution in [0.1, 0.15) is 90.4 Å². The number of hydrogen-bond acceptors (Lipinski definition) is 2. The predicted molar refractivity (Wildman–Crippen MR) is 75.6 cm³/mol. The quantitative estimate of drug-likeness (QED) is 0.521. The lowest BCUT2D eigenvalue weighted by Gasteiger charge is -2.18. The molecule has 18 heavy (non-hydrogen) atoms. The highest BCUT2D eigenvalue weighted by Gasteiger charge is 2.14. The Hall–Kier alpha value is -0.530. The maximum absolute atomic E-state index is 11.7. The van der Waals surface area contributed by atoms with Crippen LogP contribution in [-0.4, -0.2) is 12.1 Å². The lowest BCUT2D eigenvalue weighted by molar-refractivity contribution is -0.150. The van der Waals surface area contributed by atoms with E-state index in [4.69, 9.17) is 4.74 Å². The molecule has 1 unspecified atom stereocenters. The van der Waals surface area contributed by atoms with Gasteiger partial charge in [-0.05, 0) is 32.1 Å². The summed E-state index contributed by atoms with van der Waals surface area (Å²) >= 11 is 0. The molecule has 0 saturated carbocycles. The largest absolute Gasteiger partial charge is 0.462 e. The molecule has 2 nitrogen and oxygen atoms in total. The molecule has 0 radical (unpaired) electrons. The second kappa shape index (κ2) is 10.4. The number of cyclic esters (lactones) is 1. The lowest BCUT2D eigenvalue weighted by atomic mass is 10.0. The van der Waals surface area contributed by atoms with Gasteiger partial charge in [0, 0.05) is 6.42 Å². The van der Waals surface area contributed by atoms with Crippen LogP contribution in [0.4, 0.5) is 0 Å². The molecule has 106 valence electrons. The van der Waals surface area contributed by atoms with E-state index in [9.17, 15) is 4.79 Å². The summed E-state index contributed by atoms with van der Waals surface area (Å²) in [6.45, 7) is 2.22. The van der Waals surface area contributed by atoms with Gasteiger partial charge in [-0.25, -0.2) is 0 Å². The summed E-state index contributed by atoms with van der Waals surface area (Å²) in [6.07, 6.45) is 15.4. The topological polar surface area (TPSA) is 26.3 Å². The van der Waals surface area contributed by atoms with Crippen molar-refractivity contribution in [1.82, 2.24) is 0 Å². The first-order valence-corrected chi connectivity index (χ1v) is 8.02. The first kappa shape index (κ1) is 15.5. The molecule has 0 N–H and O–H groups in total. The number of unbranched alkanes of at least 4 members (excludes halogenated alkanes) is 2. The Kier molecular flexibility index (Phi) is 8.97. The number of hydrogen-bond donors (Lipinski definition) is 0. The number of carbonyl (C=O) groups excluding carboxylic acids is 1. The average molecular weight is 254 g/mol. The Labute approximate surface area is 112 Å². The molecule has 0 aromatic rings. The smallest absolute Gasteiger partial charge is 0.306 e. The van der Waals surface area contributed by atoms with Gasteiger partial charge < -0.3 is 4.74 Å². The zero-order valence-corrected chi connectivity index (χ0v) is 12.1. The molecule has 2 heteroatoms. The Morgan fingerprint density at radius 2 is 1.67 bits per heavy atom. The van der Waals surface area contributed by atoms with Gasteiger partial charge in [-0.2, -0.15) is 0 Å². The Bertz CT molecular complexity index is 213. The molecule has 1 heterocycles. The third kappa shape index (κ3) is 7.73. The van der Waals surface area contributed by atoms with Crippen LogP contribution in [0.3, 0.4) is 0 Å². The van der Waals surface area contributed by atoms with Crippen molar-refractivity contribution in [2.45, 2.75) is 96.5 Å². The van der Waals surface area contributed by atoms with Crippen molar-refractivity contribution in [2.75, 3.05) is 0 Å². The molecule has 0 aliphatic carbocycles. The van der Waals surface area contributed by atoms with Crippen molar-refractivity contribution < 1.29 is 9.53 Å². The molecule has 1 rings (SSSR count). The SMILES string of the molecule is CCCCCC1CCCCCCCCCC(=O)O1. The minimum absolute atomic E-state index is 0.0390. The van der Waals surface area contributed by atoms with Gasteiger partial charge in [0.15, 0.2) is 0 Å². The molecule has 0 aromatic heterocycles. The number of esters is 1. The molecule has 0 amide bonds. The second-order valence-electron chi connectivity index (χ2n) is 5.62. The zero-order chi connectivity index (χ0) is 13.1. The summed E-state index contributed by atoms with van der Waals surface area (Å²) in [5.74, 6) is 0.0390. The molecule has 1 aliphatic heterocycles. The Morgan fingerprint density at radius 3 is 2.39 bits per heavy atom. The highest BCUT2D eigenvalue weighted by molar-refractivity contribution is 5.69. The number of ether oxygens (including phenoxy) is 1. The van der Waals surface area contributed by atoms with Gasteiger partial charge in [-0.15, -0.1) is 0 Å². The van der Waals surface area contributed by atoms with Gasteiger partial charge in [0.05, 0.1) is 0 Å². The fourth-order valence-corrected chi connectivity index (χ4v) is 2.65. The van der Waals surface area contributed by atoms with Crippen LogP contribution in [0, 0.1) is 0 Å². The minimum atomic E-state index is 0.0390. The van der Waals surface area contributed by atoms with Crippen molar-refractivity contribution in [3.8, 4) is 0 Å². The van der Waals surface area contributed by atoms with Gasteiger partial charge in [-0.3, -0.25) is 4.79 Å². The fourth-order valence-electron chi connectivity index (χ4n) is 2.65. The summed E-state index contributed by atoms with van der Waals surface area (Å²) in [6, 6.07) is 0. The van der Waals surface area contributed by atoms with Crippen molar-refractivity contribution in [3.63, 3.8) is 0 Å². The zero-order valence-electron chi connectivity index (χ0n) is 12.1. The summed E-state index contributed by atoms with van der Waals surface area (Å²) in [5.41, 5.74) is 0. The molecule has 0 spiro atoms. The van der Waals surface area contributed by atoms with E-state index in [0.717, 1.165) is 19.3 Å². The van der Waals surface area contributed by atoms with Crippen LogP contribution in [0.5, 0.6) is 0 Å². The van der Waals surface area contributed by atoms with Gasteiger partial charge in [0.25, 0.3) is 0 Å². The van der Waals surface area contributed by atoms with Crippen LogP contribution in [0.25, 0.3) is 0 Å². The summed E-state index contributed by atoms with van der Waals surface area (Å²) in [4.78, 5) is 11.7. The predicted octanol–water partition coefficient (Wildman–Crippen LogP) is 5.00. The van der Waals surface area contributed by atoms with E-state index in [1.165, 1.54) is 57.8 Å². The maximum atomic E-state index is 11.7. The van der Waals surface area contributed by atoms with Gasteiger partial charge in [-0.1, -0.05) is 51.9 Å². The van der Waals surface area contributed by atoms with Gasteiger partial charge >= 0.3 is 5.97 Å². The highest BCUT2D eigenvalue weighted by Crippen LogP contribution is 2.18. The summed E-state index contributed by atoms with van der Waals surface area (Å²) in [5, 5.41) is 0. The normalized spacial score (nSPS) is 23.8. The van der Waals surface area contributed by atoms with E-state index in [-0.39, 0.29) is 12.1 Å². The summed E-state index contributed by atoms with van der Waals surface area (Å²) < 4.78 is 5.63. The van der Waals surface area contributed by atoms with E-state index < -0.39 is 0 Å². The first-order chi connectivity index (χ1) is 8.83. The van der Waals surface area contributed by atoms with E-state index >= 15 is 0 Å². The van der Waals surface area contributed by atoms with Crippen LogP contribution in [-0.2, 0) is 9.53 Å². The average Bonchev–Trinajstić information content (AvgIpc) is 2.34. The van der Waals surface area contributed by atoms with Crippen LogP contribution in [0.2, 0.25) is 0 Å². The minimum Gasteiger partial charge on any atom is -0.462 e. The monoisotopic (exact) mass is 254 g/mol. The molecular weight excluding hydrogens is 224 g/mol. The molecule has 0 aromatic carbocycles.